The smallest absolute Gasteiger partial charge is 0.251 e. The molecule has 2 saturated carbocycles. The molecule has 2 spiro atoms. The quantitative estimate of drug-likeness (QED) is 0.169. The fourth-order valence-electron chi connectivity index (χ4n) is 11.1. The van der Waals surface area contributed by atoms with Gasteiger partial charge in [-0.15, -0.1) is 0 Å². The van der Waals surface area contributed by atoms with E-state index in [1.165, 1.54) is 0 Å². The zero-order chi connectivity index (χ0) is 51.1. The average Bonchev–Trinajstić information content (AvgIpc) is 3.41. The van der Waals surface area contributed by atoms with Crippen LogP contribution in [-0.2, 0) is 18.9 Å². The highest BCUT2D eigenvalue weighted by Crippen LogP contribution is 2.42. The van der Waals surface area contributed by atoms with E-state index in [-0.39, 0.29) is 47.3 Å². The Bertz CT molecular complexity index is 2850. The van der Waals surface area contributed by atoms with Crippen molar-refractivity contribution in [2.24, 2.45) is 0 Å². The van der Waals surface area contributed by atoms with Gasteiger partial charge in [-0.25, -0.2) is 9.97 Å². The maximum Gasteiger partial charge on any atom is 0.251 e. The van der Waals surface area contributed by atoms with Crippen molar-refractivity contribution < 1.29 is 38.7 Å². The molecule has 2 aromatic carbocycles. The molecule has 0 bridgehead atoms. The molecule has 12 rings (SSSR count). The lowest BCUT2D eigenvalue weighted by Gasteiger charge is -2.50. The summed E-state index contributed by atoms with van der Waals surface area (Å²) in [7, 11) is 3.24. The molecule has 6 aromatic rings. The summed E-state index contributed by atoms with van der Waals surface area (Å²) in [4.78, 5) is 63.1. The highest BCUT2D eigenvalue weighted by atomic mass is 16.5. The number of ether oxygens (including phenoxy) is 4. The second kappa shape index (κ2) is 20.6. The molecule has 4 aromatic heterocycles. The number of aliphatic hydroxyl groups excluding tert-OH is 2. The lowest BCUT2D eigenvalue weighted by molar-refractivity contribution is -0.159. The molecule has 8 heterocycles. The molecule has 0 radical (unpaired) electrons. The first-order valence-corrected chi connectivity index (χ1v) is 25.7. The summed E-state index contributed by atoms with van der Waals surface area (Å²) >= 11 is 0. The number of benzene rings is 2. The highest BCUT2D eigenvalue weighted by Gasteiger charge is 2.49. The third-order valence-corrected chi connectivity index (χ3v) is 15.1. The lowest BCUT2D eigenvalue weighted by Crippen LogP contribution is -2.60. The van der Waals surface area contributed by atoms with Crippen molar-refractivity contribution in [3.8, 4) is 22.5 Å². The third-order valence-electron chi connectivity index (χ3n) is 15.1. The summed E-state index contributed by atoms with van der Waals surface area (Å²) in [5.74, 6) is 2.66. The number of fused-ring (bicyclic) bond motifs is 2. The SMILES string of the molecule is CNC(=O)c1cccc(-c2ccc3c(N4CCOC[C@@H]4C)nc(N4CCOC5(CC(O)C5)C4)nc3n2)c1.CNC(=O)c1cccc(-c2ccc3c(N4CCOC[C@@H]4C)nc(N4CCOC5(CC(O)C5)C4)nc3n2)c1. The molecule has 2 aliphatic carbocycles. The fraction of sp³-hybridized carbons (Fsp3) is 0.481. The van der Waals surface area contributed by atoms with E-state index >= 15 is 0 Å². The van der Waals surface area contributed by atoms with Crippen molar-refractivity contribution in [1.29, 1.82) is 0 Å². The number of morpholine rings is 4. The normalized spacial score (nSPS) is 25.8. The predicted octanol–water partition coefficient (Wildman–Crippen LogP) is 4.01. The number of carbonyl (C=O) groups is 2. The van der Waals surface area contributed by atoms with Gasteiger partial charge in [0.2, 0.25) is 11.9 Å². The van der Waals surface area contributed by atoms with E-state index in [4.69, 9.17) is 48.9 Å². The maximum atomic E-state index is 12.2. The minimum Gasteiger partial charge on any atom is -0.393 e. The Hall–Kier alpha value is -6.68. The maximum absolute atomic E-state index is 12.2. The second-order valence-electron chi connectivity index (χ2n) is 20.4. The van der Waals surface area contributed by atoms with Gasteiger partial charge in [0.15, 0.2) is 11.3 Å². The van der Waals surface area contributed by atoms with Crippen LogP contribution in [0.2, 0.25) is 0 Å². The molecule has 0 unspecified atom stereocenters. The monoisotopic (exact) mass is 1010 g/mol. The number of aliphatic hydroxyl groups is 2. The number of nitrogens with one attached hydrogen (secondary N) is 2. The molecular formula is C54H64N12O8. The summed E-state index contributed by atoms with van der Waals surface area (Å²) in [6.45, 7) is 12.1. The van der Waals surface area contributed by atoms with Crippen molar-refractivity contribution in [2.45, 2.75) is 75.0 Å². The summed E-state index contributed by atoms with van der Waals surface area (Å²) in [6, 6.07) is 23.2. The van der Waals surface area contributed by atoms with Crippen LogP contribution in [0.4, 0.5) is 23.5 Å². The molecule has 2 atom stereocenters. The summed E-state index contributed by atoms with van der Waals surface area (Å²) < 4.78 is 23.5. The van der Waals surface area contributed by atoms with Crippen LogP contribution >= 0.6 is 0 Å². The van der Waals surface area contributed by atoms with Crippen LogP contribution in [-0.4, -0.2) is 180 Å². The Morgan fingerprint density at radius 2 is 1.00 bits per heavy atom. The predicted molar refractivity (Wildman–Crippen MR) is 280 cm³/mol. The number of nitrogens with zero attached hydrogens (tertiary/aromatic N) is 10. The first kappa shape index (κ1) is 49.5. The summed E-state index contributed by atoms with van der Waals surface area (Å²) in [5, 5.41) is 27.0. The van der Waals surface area contributed by atoms with Gasteiger partial charge in [-0.1, -0.05) is 24.3 Å². The second-order valence-corrected chi connectivity index (χ2v) is 20.4. The molecule has 4 aliphatic heterocycles. The van der Waals surface area contributed by atoms with E-state index < -0.39 is 0 Å². The van der Waals surface area contributed by atoms with Gasteiger partial charge in [0, 0.05) is 88.2 Å². The van der Waals surface area contributed by atoms with Crippen LogP contribution in [0.15, 0.2) is 72.8 Å². The van der Waals surface area contributed by atoms with Crippen LogP contribution < -0.4 is 30.2 Å². The van der Waals surface area contributed by atoms with E-state index in [9.17, 15) is 19.8 Å². The summed E-state index contributed by atoms with van der Waals surface area (Å²) in [5.41, 5.74) is 4.87. The number of rotatable bonds is 8. The largest absolute Gasteiger partial charge is 0.393 e. The number of pyridine rings is 2. The number of carbonyl (C=O) groups excluding carboxylic acids is 2. The van der Waals surface area contributed by atoms with Gasteiger partial charge < -0.3 is 59.4 Å². The van der Waals surface area contributed by atoms with Gasteiger partial charge in [0.05, 0.1) is 110 Å². The minimum absolute atomic E-state index is 0.141. The standard InChI is InChI=1S/2C27H32N6O4/c2*1-17-15-36-10-9-33(17)24-21-6-7-22(18-4-3-5-19(12-18)25(35)28-2)29-23(21)30-26(31-24)32-8-11-37-27(16-32)13-20(34)14-27/h2*3-7,12,17,20,34H,8-11,13-16H2,1-2H3,(H,28,35)/t2*17-,20?,27?/m00/s1. The Kier molecular flexibility index (Phi) is 13.8. The van der Waals surface area contributed by atoms with Crippen molar-refractivity contribution in [3.05, 3.63) is 83.9 Å². The molecule has 2 amide bonds. The Morgan fingerprint density at radius 1 is 0.568 bits per heavy atom. The van der Waals surface area contributed by atoms with E-state index in [1.54, 1.807) is 26.2 Å². The van der Waals surface area contributed by atoms with Crippen LogP contribution in [0.5, 0.6) is 0 Å². The van der Waals surface area contributed by atoms with E-state index in [0.29, 0.717) is 126 Å². The van der Waals surface area contributed by atoms with Gasteiger partial charge in [0.25, 0.3) is 11.8 Å². The van der Waals surface area contributed by atoms with Gasteiger partial charge in [-0.05, 0) is 62.4 Å². The molecule has 74 heavy (non-hydrogen) atoms. The number of anilines is 4. The van der Waals surface area contributed by atoms with Crippen LogP contribution in [0, 0.1) is 0 Å². The van der Waals surface area contributed by atoms with Gasteiger partial charge >= 0.3 is 0 Å². The molecule has 4 saturated heterocycles. The molecule has 388 valence electrons. The molecule has 6 aliphatic rings. The lowest BCUT2D eigenvalue weighted by atomic mass is 9.76. The third kappa shape index (κ3) is 9.89. The fourth-order valence-corrected chi connectivity index (χ4v) is 11.1. The van der Waals surface area contributed by atoms with Crippen LogP contribution in [0.25, 0.3) is 44.6 Å². The molecular weight excluding hydrogens is 945 g/mol. The van der Waals surface area contributed by atoms with Crippen LogP contribution in [0.1, 0.15) is 60.2 Å². The number of aromatic nitrogens is 6. The summed E-state index contributed by atoms with van der Waals surface area (Å²) in [6.07, 6.45) is 1.92. The minimum atomic E-state index is -0.335. The topological polar surface area (TPSA) is 226 Å². The zero-order valence-corrected chi connectivity index (χ0v) is 42.4. The Morgan fingerprint density at radius 3 is 1.39 bits per heavy atom. The molecule has 4 N–H and O–H groups in total. The van der Waals surface area contributed by atoms with Crippen LogP contribution in [0.3, 0.4) is 0 Å². The number of hydrogen-bond acceptors (Lipinski definition) is 18. The number of amides is 2. The molecule has 20 nitrogen and oxygen atoms in total. The van der Waals surface area contributed by atoms with Gasteiger partial charge in [0.1, 0.15) is 11.6 Å². The van der Waals surface area contributed by atoms with Crippen molar-refractivity contribution >= 4 is 57.4 Å². The Balaban J connectivity index is 0.000000159. The average molecular weight is 1010 g/mol. The van der Waals surface area contributed by atoms with Gasteiger partial charge in [-0.2, -0.15) is 19.9 Å². The first-order chi connectivity index (χ1) is 35.9. The van der Waals surface area contributed by atoms with Crippen molar-refractivity contribution in [3.63, 3.8) is 0 Å². The number of hydrogen-bond donors (Lipinski definition) is 4. The van der Waals surface area contributed by atoms with Crippen molar-refractivity contribution in [1.82, 2.24) is 40.5 Å². The first-order valence-electron chi connectivity index (χ1n) is 25.7. The van der Waals surface area contributed by atoms with E-state index in [0.717, 1.165) is 58.0 Å². The van der Waals surface area contributed by atoms with Gasteiger partial charge in [-0.3, -0.25) is 9.59 Å². The van der Waals surface area contributed by atoms with E-state index in [1.807, 2.05) is 60.7 Å². The van der Waals surface area contributed by atoms with Crippen molar-refractivity contribution in [2.75, 3.05) is 113 Å². The zero-order valence-electron chi connectivity index (χ0n) is 42.4. The molecule has 20 heteroatoms. The Labute approximate surface area is 429 Å². The van der Waals surface area contributed by atoms with E-state index in [2.05, 4.69) is 44.1 Å². The molecule has 6 fully saturated rings. The highest BCUT2D eigenvalue weighted by molar-refractivity contribution is 5.97.